The molecule has 11 heavy (non-hydrogen) atoms. The Kier molecular flexibility index (Phi) is 2.05. The molecule has 2 heterocycles. The number of alkyl halides is 1. The highest BCUT2D eigenvalue weighted by Crippen LogP contribution is 2.40. The maximum Gasteiger partial charge on any atom is 0.176 e. The highest BCUT2D eigenvalue weighted by Gasteiger charge is 2.16. The molecule has 1 aromatic heterocycles. The largest absolute Gasteiger partial charge is 0.485 e. The lowest BCUT2D eigenvalue weighted by Crippen LogP contribution is -2.14. The van der Waals surface area contributed by atoms with Crippen LogP contribution in [0.1, 0.15) is 4.88 Å². The van der Waals surface area contributed by atoms with Crippen LogP contribution in [0.25, 0.3) is 0 Å². The molecule has 0 atom stereocenters. The zero-order chi connectivity index (χ0) is 7.68. The van der Waals surface area contributed by atoms with Gasteiger partial charge >= 0.3 is 0 Å². The Morgan fingerprint density at radius 3 is 3.09 bits per heavy atom. The summed E-state index contributed by atoms with van der Waals surface area (Å²) in [7, 11) is 0. The van der Waals surface area contributed by atoms with Gasteiger partial charge in [-0.15, -0.1) is 11.3 Å². The van der Waals surface area contributed by atoms with Crippen molar-refractivity contribution in [2.45, 2.75) is 5.33 Å². The molecule has 0 N–H and O–H groups in total. The van der Waals surface area contributed by atoms with Crippen molar-refractivity contribution in [3.05, 3.63) is 10.3 Å². The van der Waals surface area contributed by atoms with Crippen LogP contribution in [-0.2, 0) is 5.33 Å². The van der Waals surface area contributed by atoms with Crippen LogP contribution >= 0.6 is 27.3 Å². The fraction of sp³-hybridized carbons (Fsp3) is 0.429. The van der Waals surface area contributed by atoms with Crippen molar-refractivity contribution < 1.29 is 9.47 Å². The first kappa shape index (κ1) is 7.43. The summed E-state index contributed by atoms with van der Waals surface area (Å²) in [6.07, 6.45) is 0. The number of ether oxygens (including phenoxy) is 2. The van der Waals surface area contributed by atoms with Crippen molar-refractivity contribution >= 4 is 27.3 Å². The van der Waals surface area contributed by atoms with Crippen LogP contribution in [0, 0.1) is 0 Å². The normalized spacial score (nSPS) is 15.0. The van der Waals surface area contributed by atoms with Crippen LogP contribution in [0.4, 0.5) is 0 Å². The Hall–Kier alpha value is -0.220. The zero-order valence-electron chi connectivity index (χ0n) is 5.80. The van der Waals surface area contributed by atoms with E-state index < -0.39 is 0 Å². The summed E-state index contributed by atoms with van der Waals surface area (Å²) in [5.41, 5.74) is 0. The summed E-state index contributed by atoms with van der Waals surface area (Å²) in [5.74, 6) is 1.83. The number of halogens is 1. The predicted octanol–water partition coefficient (Wildman–Crippen LogP) is 2.41. The Morgan fingerprint density at radius 1 is 1.45 bits per heavy atom. The van der Waals surface area contributed by atoms with Crippen LogP contribution < -0.4 is 9.47 Å². The number of fused-ring (bicyclic) bond motifs is 1. The van der Waals surface area contributed by atoms with Gasteiger partial charge in [0.1, 0.15) is 13.2 Å². The molecule has 4 heteroatoms. The van der Waals surface area contributed by atoms with E-state index in [4.69, 9.17) is 9.47 Å². The van der Waals surface area contributed by atoms with Gasteiger partial charge in [0.25, 0.3) is 0 Å². The minimum Gasteiger partial charge on any atom is -0.485 e. The topological polar surface area (TPSA) is 18.5 Å². The molecule has 1 aliphatic rings. The standard InChI is InChI=1S/C7H7BrO2S/c8-3-6-7-5(4-11-6)9-1-2-10-7/h4H,1-3H2. The summed E-state index contributed by atoms with van der Waals surface area (Å²) in [6.45, 7) is 1.34. The molecule has 0 saturated heterocycles. The Bertz CT molecular complexity index is 245. The lowest BCUT2D eigenvalue weighted by Gasteiger charge is -2.15. The minimum absolute atomic E-state index is 0.670. The van der Waals surface area contributed by atoms with Crippen molar-refractivity contribution in [1.29, 1.82) is 0 Å². The molecular formula is C7H7BrO2S. The zero-order valence-corrected chi connectivity index (χ0v) is 8.20. The van der Waals surface area contributed by atoms with E-state index in [1.807, 2.05) is 5.38 Å². The van der Waals surface area contributed by atoms with Crippen molar-refractivity contribution in [3.8, 4) is 11.5 Å². The fourth-order valence-electron chi connectivity index (χ4n) is 1.01. The first-order valence-corrected chi connectivity index (χ1v) is 5.34. The SMILES string of the molecule is BrCc1scc2c1OCCO2. The third-order valence-corrected chi connectivity index (χ3v) is 3.37. The van der Waals surface area contributed by atoms with Crippen molar-refractivity contribution in [3.63, 3.8) is 0 Å². The second kappa shape index (κ2) is 3.03. The Labute approximate surface area is 77.3 Å². The predicted molar refractivity (Wildman–Crippen MR) is 47.9 cm³/mol. The van der Waals surface area contributed by atoms with E-state index in [-0.39, 0.29) is 0 Å². The van der Waals surface area contributed by atoms with Gasteiger partial charge in [0.05, 0.1) is 4.88 Å². The average molecular weight is 235 g/mol. The molecule has 1 aliphatic heterocycles. The summed E-state index contributed by atoms with van der Waals surface area (Å²) >= 11 is 5.06. The molecule has 0 aliphatic carbocycles. The smallest absolute Gasteiger partial charge is 0.176 e. The highest BCUT2D eigenvalue weighted by atomic mass is 79.9. The van der Waals surface area contributed by atoms with Gasteiger partial charge in [0.2, 0.25) is 0 Å². The van der Waals surface area contributed by atoms with E-state index in [0.717, 1.165) is 16.8 Å². The molecule has 1 aromatic rings. The van der Waals surface area contributed by atoms with Crippen LogP contribution in [-0.4, -0.2) is 13.2 Å². The van der Waals surface area contributed by atoms with Crippen molar-refractivity contribution in [1.82, 2.24) is 0 Å². The summed E-state index contributed by atoms with van der Waals surface area (Å²) in [6, 6.07) is 0. The number of thiophene rings is 1. The summed E-state index contributed by atoms with van der Waals surface area (Å²) in [5, 5.41) is 2.83. The third kappa shape index (κ3) is 1.25. The molecule has 0 unspecified atom stereocenters. The average Bonchev–Trinajstić information content (AvgIpc) is 2.47. The lowest BCUT2D eigenvalue weighted by atomic mass is 10.4. The van der Waals surface area contributed by atoms with Crippen LogP contribution in [0.3, 0.4) is 0 Å². The van der Waals surface area contributed by atoms with Crippen molar-refractivity contribution in [2.75, 3.05) is 13.2 Å². The van der Waals surface area contributed by atoms with Gasteiger partial charge in [-0.05, 0) is 0 Å². The maximum absolute atomic E-state index is 5.44. The number of hydrogen-bond acceptors (Lipinski definition) is 3. The van der Waals surface area contributed by atoms with Gasteiger partial charge < -0.3 is 9.47 Å². The molecule has 0 aromatic carbocycles. The molecule has 2 nitrogen and oxygen atoms in total. The van der Waals surface area contributed by atoms with Gasteiger partial charge in [-0.2, -0.15) is 0 Å². The number of hydrogen-bond donors (Lipinski definition) is 0. The summed E-state index contributed by atoms with van der Waals surface area (Å²) < 4.78 is 10.8. The third-order valence-electron chi connectivity index (χ3n) is 1.49. The van der Waals surface area contributed by atoms with E-state index in [0.29, 0.717) is 13.2 Å². The van der Waals surface area contributed by atoms with Gasteiger partial charge in [-0.3, -0.25) is 0 Å². The van der Waals surface area contributed by atoms with Gasteiger partial charge in [0, 0.05) is 10.7 Å². The van der Waals surface area contributed by atoms with E-state index in [2.05, 4.69) is 15.9 Å². The van der Waals surface area contributed by atoms with E-state index >= 15 is 0 Å². The highest BCUT2D eigenvalue weighted by molar-refractivity contribution is 9.08. The van der Waals surface area contributed by atoms with Crippen LogP contribution in [0.2, 0.25) is 0 Å². The summed E-state index contributed by atoms with van der Waals surface area (Å²) in [4.78, 5) is 1.21. The Balaban J connectivity index is 2.38. The minimum atomic E-state index is 0.670. The van der Waals surface area contributed by atoms with Crippen molar-refractivity contribution in [2.24, 2.45) is 0 Å². The molecule has 0 radical (unpaired) electrons. The molecule has 60 valence electrons. The molecule has 0 bridgehead atoms. The number of rotatable bonds is 1. The molecule has 0 fully saturated rings. The Morgan fingerprint density at radius 2 is 2.27 bits per heavy atom. The second-order valence-corrected chi connectivity index (χ2v) is 3.71. The maximum atomic E-state index is 5.44. The molecule has 2 rings (SSSR count). The monoisotopic (exact) mass is 234 g/mol. The lowest BCUT2D eigenvalue weighted by molar-refractivity contribution is 0.172. The molecule has 0 saturated carbocycles. The van der Waals surface area contributed by atoms with Gasteiger partial charge in [0.15, 0.2) is 11.5 Å². The van der Waals surface area contributed by atoms with Gasteiger partial charge in [-0.1, -0.05) is 15.9 Å². The van der Waals surface area contributed by atoms with E-state index in [1.165, 1.54) is 4.88 Å². The quantitative estimate of drug-likeness (QED) is 0.696. The first-order valence-electron chi connectivity index (χ1n) is 3.33. The van der Waals surface area contributed by atoms with E-state index in [1.54, 1.807) is 11.3 Å². The first-order chi connectivity index (χ1) is 5.42. The molecule has 0 amide bonds. The van der Waals surface area contributed by atoms with Crippen LogP contribution in [0.15, 0.2) is 5.38 Å². The molecule has 0 spiro atoms. The van der Waals surface area contributed by atoms with Crippen LogP contribution in [0.5, 0.6) is 11.5 Å². The molecular weight excluding hydrogens is 228 g/mol. The second-order valence-electron chi connectivity index (χ2n) is 2.18. The van der Waals surface area contributed by atoms with Gasteiger partial charge in [-0.25, -0.2) is 0 Å². The van der Waals surface area contributed by atoms with E-state index in [9.17, 15) is 0 Å². The fourth-order valence-corrected chi connectivity index (χ4v) is 2.41.